The van der Waals surface area contributed by atoms with Gasteiger partial charge < -0.3 is 15.5 Å². The van der Waals surface area contributed by atoms with E-state index < -0.39 is 0 Å². The molecule has 1 aliphatic carbocycles. The van der Waals surface area contributed by atoms with Crippen LogP contribution in [0.2, 0.25) is 5.02 Å². The highest BCUT2D eigenvalue weighted by Crippen LogP contribution is 2.25. The summed E-state index contributed by atoms with van der Waals surface area (Å²) < 4.78 is 0. The number of hydrogen-bond acceptors (Lipinski definition) is 5. The Balaban J connectivity index is 1.38. The van der Waals surface area contributed by atoms with E-state index in [1.54, 1.807) is 6.20 Å². The van der Waals surface area contributed by atoms with Crippen molar-refractivity contribution in [1.82, 2.24) is 15.3 Å². The first-order valence-corrected chi connectivity index (χ1v) is 10.2. The summed E-state index contributed by atoms with van der Waals surface area (Å²) in [6.45, 7) is 0.742. The smallest absolute Gasteiger partial charge is 0.224 e. The van der Waals surface area contributed by atoms with Crippen LogP contribution < -0.4 is 15.5 Å². The Hall–Kier alpha value is -2.34. The summed E-state index contributed by atoms with van der Waals surface area (Å²) in [5.41, 5.74) is 0.981. The van der Waals surface area contributed by atoms with Gasteiger partial charge in [0.15, 0.2) is 0 Å². The van der Waals surface area contributed by atoms with Crippen LogP contribution in [-0.2, 0) is 11.2 Å². The molecule has 2 aromatic rings. The van der Waals surface area contributed by atoms with Gasteiger partial charge in [-0.15, -0.1) is 0 Å². The van der Waals surface area contributed by atoms with E-state index in [0.29, 0.717) is 29.4 Å². The van der Waals surface area contributed by atoms with E-state index >= 15 is 0 Å². The van der Waals surface area contributed by atoms with Crippen LogP contribution in [0.25, 0.3) is 0 Å². The van der Waals surface area contributed by atoms with E-state index in [4.69, 9.17) is 11.6 Å². The van der Waals surface area contributed by atoms with E-state index in [2.05, 4.69) is 20.6 Å². The first kappa shape index (κ1) is 20.4. The molecular weight excluding hydrogens is 374 g/mol. The molecule has 1 aliphatic rings. The summed E-state index contributed by atoms with van der Waals surface area (Å²) in [6, 6.07) is 9.71. The number of benzene rings is 1. The average Bonchev–Trinajstić information content (AvgIpc) is 2.69. The fourth-order valence-corrected chi connectivity index (χ4v) is 3.60. The van der Waals surface area contributed by atoms with Crippen LogP contribution in [0.3, 0.4) is 0 Å². The molecule has 0 atom stereocenters. The van der Waals surface area contributed by atoms with Gasteiger partial charge >= 0.3 is 0 Å². The molecule has 1 heterocycles. The van der Waals surface area contributed by atoms with E-state index in [0.717, 1.165) is 43.6 Å². The zero-order valence-corrected chi connectivity index (χ0v) is 17.2. The second-order valence-electron chi connectivity index (χ2n) is 7.60. The maximum atomic E-state index is 12.2. The Kier molecular flexibility index (Phi) is 7.09. The van der Waals surface area contributed by atoms with Gasteiger partial charge in [0.1, 0.15) is 5.82 Å². The van der Waals surface area contributed by atoms with Crippen molar-refractivity contribution in [1.29, 1.82) is 0 Å². The monoisotopic (exact) mass is 401 g/mol. The van der Waals surface area contributed by atoms with Crippen molar-refractivity contribution in [3.63, 3.8) is 0 Å². The molecule has 3 rings (SSSR count). The summed E-state index contributed by atoms with van der Waals surface area (Å²) in [5, 5.41) is 7.22. The van der Waals surface area contributed by atoms with Crippen molar-refractivity contribution in [3.05, 3.63) is 47.1 Å². The van der Waals surface area contributed by atoms with Crippen molar-refractivity contribution in [2.75, 3.05) is 30.9 Å². The number of nitrogens with zero attached hydrogens (tertiary/aromatic N) is 3. The highest BCUT2D eigenvalue weighted by Gasteiger charge is 2.22. The predicted molar refractivity (Wildman–Crippen MR) is 114 cm³/mol. The van der Waals surface area contributed by atoms with Crippen LogP contribution in [0.4, 0.5) is 11.8 Å². The predicted octanol–water partition coefficient (Wildman–Crippen LogP) is 3.53. The Morgan fingerprint density at radius 1 is 1.14 bits per heavy atom. The normalized spacial score (nSPS) is 19.1. The third-order valence-electron chi connectivity index (χ3n) is 5.14. The van der Waals surface area contributed by atoms with Gasteiger partial charge in [-0.25, -0.2) is 4.98 Å². The number of anilines is 2. The quantitative estimate of drug-likeness (QED) is 0.742. The average molecular weight is 402 g/mol. The van der Waals surface area contributed by atoms with Crippen molar-refractivity contribution >= 4 is 29.3 Å². The van der Waals surface area contributed by atoms with Gasteiger partial charge in [-0.1, -0.05) is 23.7 Å². The van der Waals surface area contributed by atoms with Gasteiger partial charge in [-0.2, -0.15) is 4.98 Å². The third kappa shape index (κ3) is 6.09. The molecule has 0 saturated heterocycles. The molecule has 6 nitrogen and oxygen atoms in total. The fourth-order valence-electron chi connectivity index (χ4n) is 3.47. The Labute approximate surface area is 171 Å². The van der Waals surface area contributed by atoms with Crippen LogP contribution >= 0.6 is 11.6 Å². The minimum atomic E-state index is 0.0662. The first-order chi connectivity index (χ1) is 13.5. The van der Waals surface area contributed by atoms with E-state index in [-0.39, 0.29) is 5.91 Å². The lowest BCUT2D eigenvalue weighted by molar-refractivity contribution is -0.120. The van der Waals surface area contributed by atoms with Crippen LogP contribution in [0, 0.1) is 5.92 Å². The van der Waals surface area contributed by atoms with Gasteiger partial charge in [0, 0.05) is 37.9 Å². The van der Waals surface area contributed by atoms with Gasteiger partial charge in [0.05, 0.1) is 6.42 Å². The molecule has 1 aromatic carbocycles. The molecule has 28 heavy (non-hydrogen) atoms. The molecule has 0 unspecified atom stereocenters. The summed E-state index contributed by atoms with van der Waals surface area (Å²) in [7, 11) is 3.94. The molecule has 2 N–H and O–H groups in total. The number of rotatable bonds is 7. The van der Waals surface area contributed by atoms with Crippen LogP contribution in [0.15, 0.2) is 36.5 Å². The number of carbonyl (C=O) groups is 1. The highest BCUT2D eigenvalue weighted by atomic mass is 35.5. The van der Waals surface area contributed by atoms with E-state index in [9.17, 15) is 4.79 Å². The van der Waals surface area contributed by atoms with Gasteiger partial charge in [0.25, 0.3) is 0 Å². The topological polar surface area (TPSA) is 70.2 Å². The second-order valence-corrected chi connectivity index (χ2v) is 8.04. The largest absolute Gasteiger partial charge is 0.363 e. The van der Waals surface area contributed by atoms with E-state index in [1.165, 1.54) is 0 Å². The minimum absolute atomic E-state index is 0.0662. The van der Waals surface area contributed by atoms with Crippen molar-refractivity contribution in [2.45, 2.75) is 38.1 Å². The van der Waals surface area contributed by atoms with Crippen molar-refractivity contribution in [2.24, 2.45) is 5.92 Å². The zero-order valence-electron chi connectivity index (χ0n) is 16.5. The van der Waals surface area contributed by atoms with Gasteiger partial charge in [-0.05, 0) is 55.4 Å². The van der Waals surface area contributed by atoms with Crippen molar-refractivity contribution in [3.8, 4) is 0 Å². The molecule has 1 aromatic heterocycles. The number of amides is 1. The number of nitrogens with one attached hydrogen (secondary N) is 2. The number of halogens is 1. The Morgan fingerprint density at radius 3 is 2.54 bits per heavy atom. The maximum absolute atomic E-state index is 12.2. The highest BCUT2D eigenvalue weighted by molar-refractivity contribution is 6.30. The standard InChI is InChI=1S/C21H28ClN5O/c1-27(2)19-11-12-23-21(26-19)25-18-9-5-16(6-10-18)14-24-20(28)13-15-3-7-17(22)8-4-15/h3-4,7-8,11-12,16,18H,5-6,9-10,13-14H2,1-2H3,(H,24,28)(H,23,25,26)/t16-,18+. The second kappa shape index (κ2) is 9.73. The molecule has 0 radical (unpaired) electrons. The molecule has 0 spiro atoms. The van der Waals surface area contributed by atoms with Crippen LogP contribution in [0.1, 0.15) is 31.2 Å². The SMILES string of the molecule is CN(C)c1ccnc(N[C@H]2CC[C@@H](CNC(=O)Cc3ccc(Cl)cc3)CC2)n1. The molecule has 150 valence electrons. The molecule has 7 heteroatoms. The summed E-state index contributed by atoms with van der Waals surface area (Å²) >= 11 is 5.88. The Bertz CT molecular complexity index is 773. The molecule has 0 bridgehead atoms. The fraction of sp³-hybridized carbons (Fsp3) is 0.476. The summed E-state index contributed by atoms with van der Waals surface area (Å²) in [4.78, 5) is 23.0. The van der Waals surface area contributed by atoms with Crippen LogP contribution in [0.5, 0.6) is 0 Å². The van der Waals surface area contributed by atoms with Crippen molar-refractivity contribution < 1.29 is 4.79 Å². The first-order valence-electron chi connectivity index (χ1n) is 9.77. The molecule has 0 aliphatic heterocycles. The van der Waals surface area contributed by atoms with Gasteiger partial charge in [0.2, 0.25) is 11.9 Å². The lowest BCUT2D eigenvalue weighted by atomic mass is 9.86. The van der Waals surface area contributed by atoms with Crippen LogP contribution in [-0.4, -0.2) is 42.6 Å². The molecule has 1 amide bonds. The van der Waals surface area contributed by atoms with E-state index in [1.807, 2.05) is 49.3 Å². The van der Waals surface area contributed by atoms with Gasteiger partial charge in [-0.3, -0.25) is 4.79 Å². The minimum Gasteiger partial charge on any atom is -0.363 e. The third-order valence-corrected chi connectivity index (χ3v) is 5.40. The molecule has 1 saturated carbocycles. The summed E-state index contributed by atoms with van der Waals surface area (Å²) in [5.74, 6) is 2.18. The molecular formula is C21H28ClN5O. The number of hydrogen-bond donors (Lipinski definition) is 2. The maximum Gasteiger partial charge on any atom is 0.224 e. The zero-order chi connectivity index (χ0) is 19.9. The molecule has 1 fully saturated rings. The number of carbonyl (C=O) groups excluding carboxylic acids is 1. The lowest BCUT2D eigenvalue weighted by Crippen LogP contribution is -2.34. The Morgan fingerprint density at radius 2 is 1.86 bits per heavy atom. The number of aromatic nitrogens is 2. The summed E-state index contributed by atoms with van der Waals surface area (Å²) in [6.07, 6.45) is 6.49. The lowest BCUT2D eigenvalue weighted by Gasteiger charge is -2.29.